The standard InChI is InChI=1S/C20H22N4O/c25-20(19-9-8-16-5-1-2-7-18(16)22-19)24-12-4-3-6-17(24)10-13-23-14-11-21-15-23/h1-2,5,7-9,11,14-15,17H,3-4,6,10,12-13H2. The normalized spacial score (nSPS) is 17.8. The maximum absolute atomic E-state index is 13.1. The van der Waals surface area contributed by atoms with Gasteiger partial charge in [0.25, 0.3) is 5.91 Å². The van der Waals surface area contributed by atoms with Crippen molar-refractivity contribution in [3.05, 3.63) is 60.8 Å². The van der Waals surface area contributed by atoms with E-state index in [1.807, 2.05) is 53.8 Å². The quantitative estimate of drug-likeness (QED) is 0.733. The van der Waals surface area contributed by atoms with E-state index in [1.54, 1.807) is 6.20 Å². The second kappa shape index (κ2) is 7.05. The second-order valence-electron chi connectivity index (χ2n) is 6.63. The SMILES string of the molecule is O=C(c1ccc2ccccc2n1)N1CCCCC1CCn1ccnc1. The Bertz CT molecular complexity index is 859. The van der Waals surface area contributed by atoms with Gasteiger partial charge < -0.3 is 9.47 Å². The average Bonchev–Trinajstić information content (AvgIpc) is 3.19. The largest absolute Gasteiger partial charge is 0.337 e. The Morgan fingerprint density at radius 2 is 2.08 bits per heavy atom. The number of likely N-dealkylation sites (tertiary alicyclic amines) is 1. The van der Waals surface area contributed by atoms with Gasteiger partial charge in [0, 0.05) is 36.9 Å². The summed E-state index contributed by atoms with van der Waals surface area (Å²) < 4.78 is 2.07. The van der Waals surface area contributed by atoms with E-state index in [9.17, 15) is 4.79 Å². The van der Waals surface area contributed by atoms with Gasteiger partial charge in [-0.2, -0.15) is 0 Å². The zero-order valence-corrected chi connectivity index (χ0v) is 14.2. The monoisotopic (exact) mass is 334 g/mol. The molecule has 2 aromatic heterocycles. The number of pyridine rings is 1. The number of amides is 1. The van der Waals surface area contributed by atoms with Crippen molar-refractivity contribution in [2.24, 2.45) is 0 Å². The van der Waals surface area contributed by atoms with Crippen molar-refractivity contribution >= 4 is 16.8 Å². The van der Waals surface area contributed by atoms with Crippen LogP contribution in [0.25, 0.3) is 10.9 Å². The number of benzene rings is 1. The van der Waals surface area contributed by atoms with E-state index in [0.29, 0.717) is 5.69 Å². The van der Waals surface area contributed by atoms with Crippen LogP contribution >= 0.6 is 0 Å². The predicted octanol–water partition coefficient (Wildman–Crippen LogP) is 3.52. The highest BCUT2D eigenvalue weighted by Gasteiger charge is 2.28. The Kier molecular flexibility index (Phi) is 4.46. The lowest BCUT2D eigenvalue weighted by atomic mass is 9.98. The molecule has 1 atom stereocenters. The van der Waals surface area contributed by atoms with Crippen LogP contribution in [0.3, 0.4) is 0 Å². The summed E-state index contributed by atoms with van der Waals surface area (Å²) in [4.78, 5) is 23.8. The summed E-state index contributed by atoms with van der Waals surface area (Å²) in [6, 6.07) is 12.0. The number of hydrogen-bond acceptors (Lipinski definition) is 3. The third-order valence-corrected chi connectivity index (χ3v) is 4.99. The summed E-state index contributed by atoms with van der Waals surface area (Å²) >= 11 is 0. The smallest absolute Gasteiger partial charge is 0.272 e. The molecule has 1 amide bonds. The molecule has 0 spiro atoms. The number of aryl methyl sites for hydroxylation is 1. The molecular formula is C20H22N4O. The fraction of sp³-hybridized carbons (Fsp3) is 0.350. The topological polar surface area (TPSA) is 51.0 Å². The van der Waals surface area contributed by atoms with Gasteiger partial charge in [0.05, 0.1) is 11.8 Å². The lowest BCUT2D eigenvalue weighted by Gasteiger charge is -2.35. The summed E-state index contributed by atoms with van der Waals surface area (Å²) in [6.45, 7) is 1.71. The van der Waals surface area contributed by atoms with Crippen LogP contribution in [0.1, 0.15) is 36.2 Å². The molecule has 0 bridgehead atoms. The first kappa shape index (κ1) is 15.8. The van der Waals surface area contributed by atoms with Gasteiger partial charge in [-0.1, -0.05) is 24.3 Å². The van der Waals surface area contributed by atoms with E-state index in [4.69, 9.17) is 0 Å². The first-order valence-electron chi connectivity index (χ1n) is 8.94. The number of fused-ring (bicyclic) bond motifs is 1. The van der Waals surface area contributed by atoms with Crippen molar-refractivity contribution in [3.8, 4) is 0 Å². The van der Waals surface area contributed by atoms with Crippen LogP contribution in [0.2, 0.25) is 0 Å². The molecule has 1 aliphatic rings. The summed E-state index contributed by atoms with van der Waals surface area (Å²) in [5, 5.41) is 1.06. The van der Waals surface area contributed by atoms with E-state index < -0.39 is 0 Å². The fourth-order valence-corrected chi connectivity index (χ4v) is 3.62. The molecule has 5 nitrogen and oxygen atoms in total. The maximum atomic E-state index is 13.1. The van der Waals surface area contributed by atoms with Gasteiger partial charge in [-0.25, -0.2) is 9.97 Å². The van der Waals surface area contributed by atoms with Crippen LogP contribution in [0, 0.1) is 0 Å². The summed E-state index contributed by atoms with van der Waals surface area (Å²) in [5.74, 6) is 0.0566. The van der Waals surface area contributed by atoms with Gasteiger partial charge >= 0.3 is 0 Å². The highest BCUT2D eigenvalue weighted by atomic mass is 16.2. The molecule has 0 aliphatic carbocycles. The van der Waals surface area contributed by atoms with Crippen molar-refractivity contribution in [2.75, 3.05) is 6.54 Å². The molecule has 3 aromatic rings. The lowest BCUT2D eigenvalue weighted by molar-refractivity contribution is 0.0590. The number of carbonyl (C=O) groups excluding carboxylic acids is 1. The van der Waals surface area contributed by atoms with E-state index in [-0.39, 0.29) is 11.9 Å². The first-order chi connectivity index (χ1) is 12.3. The number of piperidine rings is 1. The first-order valence-corrected chi connectivity index (χ1v) is 8.94. The van der Waals surface area contributed by atoms with Crippen LogP contribution in [-0.4, -0.2) is 37.9 Å². The highest BCUT2D eigenvalue weighted by Crippen LogP contribution is 2.23. The molecule has 3 heterocycles. The molecule has 1 saturated heterocycles. The number of hydrogen-bond donors (Lipinski definition) is 0. The molecule has 1 aromatic carbocycles. The Labute approximate surface area is 147 Å². The zero-order chi connectivity index (χ0) is 17.1. The minimum atomic E-state index is 0.0566. The molecule has 0 N–H and O–H groups in total. The predicted molar refractivity (Wildman–Crippen MR) is 97.3 cm³/mol. The van der Waals surface area contributed by atoms with Crippen molar-refractivity contribution in [1.29, 1.82) is 0 Å². The van der Waals surface area contributed by atoms with Gasteiger partial charge in [0.2, 0.25) is 0 Å². The van der Waals surface area contributed by atoms with Crippen LogP contribution < -0.4 is 0 Å². The number of carbonyl (C=O) groups is 1. The molecular weight excluding hydrogens is 312 g/mol. The Morgan fingerprint density at radius 3 is 2.96 bits per heavy atom. The van der Waals surface area contributed by atoms with E-state index in [0.717, 1.165) is 43.3 Å². The zero-order valence-electron chi connectivity index (χ0n) is 14.2. The molecule has 0 radical (unpaired) electrons. The minimum absolute atomic E-state index is 0.0566. The fourth-order valence-electron chi connectivity index (χ4n) is 3.62. The molecule has 1 fully saturated rings. The summed E-state index contributed by atoms with van der Waals surface area (Å²) in [5.41, 5.74) is 1.42. The second-order valence-corrected chi connectivity index (χ2v) is 6.63. The molecule has 1 aliphatic heterocycles. The average molecular weight is 334 g/mol. The Morgan fingerprint density at radius 1 is 1.16 bits per heavy atom. The molecule has 128 valence electrons. The van der Waals surface area contributed by atoms with E-state index in [2.05, 4.69) is 14.5 Å². The third-order valence-electron chi connectivity index (χ3n) is 4.99. The van der Waals surface area contributed by atoms with Crippen molar-refractivity contribution in [3.63, 3.8) is 0 Å². The Hall–Kier alpha value is -2.69. The van der Waals surface area contributed by atoms with Crippen LogP contribution in [0.4, 0.5) is 0 Å². The van der Waals surface area contributed by atoms with Gasteiger partial charge in [-0.05, 0) is 37.8 Å². The molecule has 5 heteroatoms. The number of rotatable bonds is 4. The van der Waals surface area contributed by atoms with Gasteiger partial charge in [-0.3, -0.25) is 4.79 Å². The number of imidazole rings is 1. The lowest BCUT2D eigenvalue weighted by Crippen LogP contribution is -2.44. The van der Waals surface area contributed by atoms with E-state index >= 15 is 0 Å². The van der Waals surface area contributed by atoms with Gasteiger partial charge in [0.15, 0.2) is 0 Å². The minimum Gasteiger partial charge on any atom is -0.337 e. The van der Waals surface area contributed by atoms with Crippen molar-refractivity contribution < 1.29 is 4.79 Å². The third kappa shape index (κ3) is 3.40. The number of nitrogens with zero attached hydrogens (tertiary/aromatic N) is 4. The van der Waals surface area contributed by atoms with Crippen molar-refractivity contribution in [1.82, 2.24) is 19.4 Å². The highest BCUT2D eigenvalue weighted by molar-refractivity contribution is 5.95. The van der Waals surface area contributed by atoms with Crippen LogP contribution in [0.5, 0.6) is 0 Å². The van der Waals surface area contributed by atoms with Crippen LogP contribution in [0.15, 0.2) is 55.1 Å². The number of para-hydroxylation sites is 1. The van der Waals surface area contributed by atoms with Gasteiger partial charge in [-0.15, -0.1) is 0 Å². The number of aromatic nitrogens is 3. The van der Waals surface area contributed by atoms with Crippen LogP contribution in [-0.2, 0) is 6.54 Å². The summed E-state index contributed by atoms with van der Waals surface area (Å²) in [6.07, 6.45) is 9.87. The van der Waals surface area contributed by atoms with Crippen molar-refractivity contribution in [2.45, 2.75) is 38.3 Å². The molecule has 1 unspecified atom stereocenters. The molecule has 0 saturated carbocycles. The molecule has 4 rings (SSSR count). The molecule has 25 heavy (non-hydrogen) atoms. The Balaban J connectivity index is 1.52. The van der Waals surface area contributed by atoms with E-state index in [1.165, 1.54) is 6.42 Å². The maximum Gasteiger partial charge on any atom is 0.272 e. The summed E-state index contributed by atoms with van der Waals surface area (Å²) in [7, 11) is 0. The van der Waals surface area contributed by atoms with Gasteiger partial charge in [0.1, 0.15) is 5.69 Å².